The van der Waals surface area contributed by atoms with Crippen LogP contribution >= 0.6 is 8.38 Å². The molecule has 3 nitrogen and oxygen atoms in total. The SMILES string of the molecule is CC1(C)OP(c2ccc(-c3ccccn3)cc2)OC1(C)C. The Hall–Kier alpha value is -1.28. The third-order valence-electron chi connectivity index (χ3n) is 4.11. The lowest BCUT2D eigenvalue weighted by molar-refractivity contribution is 0.00578. The van der Waals surface area contributed by atoms with Gasteiger partial charge in [0.1, 0.15) is 0 Å². The molecule has 0 aliphatic carbocycles. The van der Waals surface area contributed by atoms with E-state index in [1.54, 1.807) is 0 Å². The van der Waals surface area contributed by atoms with Crippen molar-refractivity contribution in [3.63, 3.8) is 0 Å². The highest BCUT2D eigenvalue weighted by Gasteiger charge is 2.50. The van der Waals surface area contributed by atoms with Gasteiger partial charge < -0.3 is 9.05 Å². The molecule has 1 fully saturated rings. The quantitative estimate of drug-likeness (QED) is 0.775. The molecule has 1 saturated heterocycles. The van der Waals surface area contributed by atoms with Gasteiger partial charge in [-0.05, 0) is 52.0 Å². The maximum absolute atomic E-state index is 6.12. The van der Waals surface area contributed by atoms with E-state index in [4.69, 9.17) is 9.05 Å². The van der Waals surface area contributed by atoms with Crippen molar-refractivity contribution in [2.24, 2.45) is 0 Å². The zero-order valence-electron chi connectivity index (χ0n) is 12.8. The first-order chi connectivity index (χ1) is 9.89. The summed E-state index contributed by atoms with van der Waals surface area (Å²) in [5.41, 5.74) is 1.52. The number of benzene rings is 1. The standard InChI is InChI=1S/C17H20NO2P/c1-16(2)17(3,4)20-21(19-16)14-10-8-13(9-11-14)15-7-5-6-12-18-15/h5-12H,1-4H3. The maximum Gasteiger partial charge on any atom is 0.206 e. The smallest absolute Gasteiger partial charge is 0.206 e. The summed E-state index contributed by atoms with van der Waals surface area (Å²) in [7, 11) is -1.02. The number of rotatable bonds is 2. The maximum atomic E-state index is 6.12. The lowest BCUT2D eigenvalue weighted by Crippen LogP contribution is -2.41. The molecule has 0 radical (unpaired) electrons. The minimum absolute atomic E-state index is 0.279. The third-order valence-corrected chi connectivity index (χ3v) is 6.08. The molecule has 0 unspecified atom stereocenters. The molecule has 1 aromatic carbocycles. The van der Waals surface area contributed by atoms with Crippen LogP contribution in [0.15, 0.2) is 48.7 Å². The normalized spacial score (nSPS) is 20.6. The highest BCUT2D eigenvalue weighted by Crippen LogP contribution is 2.57. The van der Waals surface area contributed by atoms with E-state index >= 15 is 0 Å². The molecule has 110 valence electrons. The number of nitrogens with zero attached hydrogens (tertiary/aromatic N) is 1. The Kier molecular flexibility index (Phi) is 3.61. The van der Waals surface area contributed by atoms with Crippen LogP contribution in [0.5, 0.6) is 0 Å². The average Bonchev–Trinajstić information content (AvgIpc) is 2.69. The number of hydrogen-bond donors (Lipinski definition) is 0. The molecule has 0 saturated carbocycles. The Morgan fingerprint density at radius 2 is 1.48 bits per heavy atom. The van der Waals surface area contributed by atoms with Crippen molar-refractivity contribution in [1.29, 1.82) is 0 Å². The van der Waals surface area contributed by atoms with Crippen molar-refractivity contribution in [3.8, 4) is 11.3 Å². The summed E-state index contributed by atoms with van der Waals surface area (Å²) in [6.07, 6.45) is 1.81. The molecule has 1 aromatic heterocycles. The predicted octanol–water partition coefficient (Wildman–Crippen LogP) is 4.29. The number of hydrogen-bond acceptors (Lipinski definition) is 3. The van der Waals surface area contributed by atoms with Gasteiger partial charge in [0.15, 0.2) is 0 Å². The summed E-state index contributed by atoms with van der Waals surface area (Å²) in [5, 5.41) is 1.10. The second-order valence-corrected chi connectivity index (χ2v) is 7.62. The fraction of sp³-hybridized carbons (Fsp3) is 0.353. The second-order valence-electron chi connectivity index (χ2n) is 6.22. The van der Waals surface area contributed by atoms with Crippen LogP contribution in [0.4, 0.5) is 0 Å². The Balaban J connectivity index is 1.83. The number of pyridine rings is 1. The molecule has 1 aliphatic rings. The molecule has 1 aliphatic heterocycles. The zero-order valence-corrected chi connectivity index (χ0v) is 13.7. The van der Waals surface area contributed by atoms with Gasteiger partial charge in [-0.2, -0.15) is 0 Å². The van der Waals surface area contributed by atoms with E-state index in [1.807, 2.05) is 24.4 Å². The van der Waals surface area contributed by atoms with Crippen molar-refractivity contribution in [2.45, 2.75) is 38.9 Å². The van der Waals surface area contributed by atoms with Gasteiger partial charge in [0.25, 0.3) is 0 Å². The van der Waals surface area contributed by atoms with E-state index in [-0.39, 0.29) is 11.2 Å². The molecule has 0 bridgehead atoms. The van der Waals surface area contributed by atoms with E-state index in [1.165, 1.54) is 0 Å². The first-order valence-electron chi connectivity index (χ1n) is 7.09. The summed E-state index contributed by atoms with van der Waals surface area (Å²) in [5.74, 6) is 0. The molecular weight excluding hydrogens is 281 g/mol. The molecule has 0 spiro atoms. The summed E-state index contributed by atoms with van der Waals surface area (Å²) in [6, 6.07) is 14.2. The topological polar surface area (TPSA) is 31.4 Å². The van der Waals surface area contributed by atoms with Gasteiger partial charge in [0.05, 0.1) is 16.9 Å². The van der Waals surface area contributed by atoms with Crippen LogP contribution in [-0.4, -0.2) is 16.2 Å². The van der Waals surface area contributed by atoms with Crippen molar-refractivity contribution in [1.82, 2.24) is 4.98 Å². The Labute approximate surface area is 127 Å². The monoisotopic (exact) mass is 301 g/mol. The first-order valence-corrected chi connectivity index (χ1v) is 8.27. The first kappa shape index (κ1) is 14.6. The third kappa shape index (κ3) is 2.74. The van der Waals surface area contributed by atoms with E-state index < -0.39 is 8.38 Å². The van der Waals surface area contributed by atoms with Crippen LogP contribution in [-0.2, 0) is 9.05 Å². The molecular formula is C17H20NO2P. The summed E-state index contributed by atoms with van der Waals surface area (Å²) < 4.78 is 12.2. The number of aromatic nitrogens is 1. The van der Waals surface area contributed by atoms with Gasteiger partial charge in [-0.1, -0.05) is 18.2 Å². The van der Waals surface area contributed by atoms with Gasteiger partial charge in [-0.15, -0.1) is 0 Å². The molecule has 0 atom stereocenters. The fourth-order valence-corrected chi connectivity index (χ4v) is 3.96. The summed E-state index contributed by atoms with van der Waals surface area (Å²) in [6.45, 7) is 8.32. The van der Waals surface area contributed by atoms with Gasteiger partial charge >= 0.3 is 0 Å². The molecule has 0 amide bonds. The van der Waals surface area contributed by atoms with Crippen molar-refractivity contribution in [2.75, 3.05) is 0 Å². The van der Waals surface area contributed by atoms with Crippen LogP contribution in [0.2, 0.25) is 0 Å². The molecule has 2 aromatic rings. The summed E-state index contributed by atoms with van der Waals surface area (Å²) in [4.78, 5) is 4.37. The van der Waals surface area contributed by atoms with E-state index in [0.29, 0.717) is 0 Å². The largest absolute Gasteiger partial charge is 0.321 e. The Bertz CT molecular complexity index is 607. The Morgan fingerprint density at radius 3 is 2.00 bits per heavy atom. The van der Waals surface area contributed by atoms with Crippen LogP contribution in [0.25, 0.3) is 11.3 Å². The van der Waals surface area contributed by atoms with E-state index in [9.17, 15) is 0 Å². The predicted molar refractivity (Wildman–Crippen MR) is 86.6 cm³/mol. The van der Waals surface area contributed by atoms with E-state index in [0.717, 1.165) is 16.6 Å². The van der Waals surface area contributed by atoms with Crippen LogP contribution in [0.3, 0.4) is 0 Å². The molecule has 0 N–H and O–H groups in total. The Morgan fingerprint density at radius 1 is 0.857 bits per heavy atom. The van der Waals surface area contributed by atoms with Crippen molar-refractivity contribution in [3.05, 3.63) is 48.7 Å². The molecule has 3 rings (SSSR count). The fourth-order valence-electron chi connectivity index (χ4n) is 2.05. The lowest BCUT2D eigenvalue weighted by Gasteiger charge is -2.29. The zero-order chi connectivity index (χ0) is 15.1. The minimum Gasteiger partial charge on any atom is -0.321 e. The van der Waals surface area contributed by atoms with Crippen LogP contribution in [0.1, 0.15) is 27.7 Å². The van der Waals surface area contributed by atoms with Gasteiger partial charge in [0, 0.05) is 17.1 Å². The van der Waals surface area contributed by atoms with Gasteiger partial charge in [-0.25, -0.2) is 0 Å². The minimum atomic E-state index is -1.02. The van der Waals surface area contributed by atoms with Gasteiger partial charge in [0.2, 0.25) is 8.38 Å². The van der Waals surface area contributed by atoms with E-state index in [2.05, 4.69) is 56.9 Å². The summed E-state index contributed by atoms with van der Waals surface area (Å²) >= 11 is 0. The molecule has 2 heterocycles. The van der Waals surface area contributed by atoms with Crippen molar-refractivity contribution < 1.29 is 9.05 Å². The van der Waals surface area contributed by atoms with Crippen molar-refractivity contribution >= 4 is 13.7 Å². The van der Waals surface area contributed by atoms with Crippen LogP contribution < -0.4 is 5.30 Å². The average molecular weight is 301 g/mol. The lowest BCUT2D eigenvalue weighted by atomic mass is 9.90. The highest BCUT2D eigenvalue weighted by molar-refractivity contribution is 7.56. The highest BCUT2D eigenvalue weighted by atomic mass is 31.2. The second kappa shape index (κ2) is 5.17. The molecule has 4 heteroatoms. The molecule has 21 heavy (non-hydrogen) atoms. The van der Waals surface area contributed by atoms with Crippen LogP contribution in [0, 0.1) is 0 Å². The van der Waals surface area contributed by atoms with Gasteiger partial charge in [-0.3, -0.25) is 4.98 Å².